The van der Waals surface area contributed by atoms with E-state index in [1.807, 2.05) is 0 Å². The van der Waals surface area contributed by atoms with Gasteiger partial charge in [-0.1, -0.05) is 0 Å². The molecule has 0 fully saturated rings. The SMILES string of the molecule is [N-]=[N+]=CC(=O)N[O-]. The minimum absolute atomic E-state index is 0.465. The summed E-state index contributed by atoms with van der Waals surface area (Å²) in [5.74, 6) is -0.970. The molecule has 0 aromatic rings. The lowest BCUT2D eigenvalue weighted by Crippen LogP contribution is -2.16. The van der Waals surface area contributed by atoms with Crippen molar-refractivity contribution < 1.29 is 9.58 Å². The topological polar surface area (TPSA) is 88.6 Å². The Labute approximate surface area is 39.1 Å². The van der Waals surface area contributed by atoms with Gasteiger partial charge in [0.1, 0.15) is 0 Å². The molecular formula is C2H2N3O2-. The Morgan fingerprint density at radius 3 is 2.71 bits per heavy atom. The lowest BCUT2D eigenvalue weighted by atomic mass is 10.7. The predicted octanol–water partition coefficient (Wildman–Crippen LogP) is -1.10. The van der Waals surface area contributed by atoms with Crippen LogP contribution in [0.4, 0.5) is 0 Å². The highest BCUT2D eigenvalue weighted by molar-refractivity contribution is 6.23. The Balaban J connectivity index is 3.58. The van der Waals surface area contributed by atoms with Crippen molar-refractivity contribution in [1.29, 1.82) is 0 Å². The predicted molar refractivity (Wildman–Crippen MR) is 21.2 cm³/mol. The molecule has 5 nitrogen and oxygen atoms in total. The molecule has 7 heavy (non-hydrogen) atoms. The van der Waals surface area contributed by atoms with Gasteiger partial charge in [-0.05, 0) is 0 Å². The van der Waals surface area contributed by atoms with Gasteiger partial charge in [-0.25, -0.2) is 0 Å². The molecule has 0 atom stereocenters. The van der Waals surface area contributed by atoms with Crippen LogP contribution in [0.5, 0.6) is 0 Å². The Morgan fingerprint density at radius 1 is 2.00 bits per heavy atom. The molecular weight excluding hydrogens is 98.0 g/mol. The van der Waals surface area contributed by atoms with E-state index in [1.165, 1.54) is 0 Å². The van der Waals surface area contributed by atoms with E-state index in [0.717, 1.165) is 5.48 Å². The van der Waals surface area contributed by atoms with Crippen molar-refractivity contribution in [2.24, 2.45) is 0 Å². The molecule has 0 aliphatic rings. The fraction of sp³-hybridized carbons (Fsp3) is 0. The first kappa shape index (κ1) is 5.81. The molecule has 5 heteroatoms. The van der Waals surface area contributed by atoms with Gasteiger partial charge in [0.15, 0.2) is 0 Å². The van der Waals surface area contributed by atoms with Crippen molar-refractivity contribution in [1.82, 2.24) is 5.48 Å². The molecule has 1 N–H and O–H groups in total. The first-order valence-electron chi connectivity index (χ1n) is 1.41. The van der Waals surface area contributed by atoms with Gasteiger partial charge in [-0.15, -0.1) is 0 Å². The maximum absolute atomic E-state index is 9.68. The van der Waals surface area contributed by atoms with Gasteiger partial charge in [0.25, 0.3) is 0 Å². The maximum Gasteiger partial charge on any atom is 0.343 e. The van der Waals surface area contributed by atoms with Crippen LogP contribution in [0.2, 0.25) is 0 Å². The molecule has 0 unspecified atom stereocenters. The van der Waals surface area contributed by atoms with Crippen molar-refractivity contribution in [2.75, 3.05) is 0 Å². The largest absolute Gasteiger partial charge is 0.758 e. The summed E-state index contributed by atoms with van der Waals surface area (Å²) < 4.78 is 0. The molecule has 1 amide bonds. The Morgan fingerprint density at radius 2 is 2.57 bits per heavy atom. The van der Waals surface area contributed by atoms with Crippen molar-refractivity contribution in [2.45, 2.75) is 0 Å². The Kier molecular flexibility index (Phi) is 2.50. The molecule has 38 valence electrons. The number of nitrogens with one attached hydrogen (secondary N) is 1. The zero-order valence-electron chi connectivity index (χ0n) is 3.29. The van der Waals surface area contributed by atoms with Gasteiger partial charge in [-0.3, -0.25) is 4.79 Å². The van der Waals surface area contributed by atoms with Crippen molar-refractivity contribution in [3.63, 3.8) is 0 Å². The normalized spacial score (nSPS) is 6.43. The van der Waals surface area contributed by atoms with Crippen LogP contribution >= 0.6 is 0 Å². The van der Waals surface area contributed by atoms with Crippen molar-refractivity contribution in [3.05, 3.63) is 10.7 Å². The number of hydroxylamine groups is 1. The van der Waals surface area contributed by atoms with E-state index in [0.29, 0.717) is 6.21 Å². The van der Waals surface area contributed by atoms with E-state index < -0.39 is 5.91 Å². The summed E-state index contributed by atoms with van der Waals surface area (Å²) in [6.45, 7) is 0. The van der Waals surface area contributed by atoms with Gasteiger partial charge in [0.05, 0.1) is 0 Å². The van der Waals surface area contributed by atoms with Crippen LogP contribution in [0.25, 0.3) is 5.53 Å². The molecule has 0 radical (unpaired) electrons. The van der Waals surface area contributed by atoms with Gasteiger partial charge in [0, 0.05) is 0 Å². The fourth-order valence-electron chi connectivity index (χ4n) is 0.0788. The summed E-state index contributed by atoms with van der Waals surface area (Å²) in [5, 5.41) is 9.22. The van der Waals surface area contributed by atoms with Crippen molar-refractivity contribution >= 4 is 12.1 Å². The van der Waals surface area contributed by atoms with Crippen molar-refractivity contribution in [3.8, 4) is 0 Å². The van der Waals surface area contributed by atoms with Crippen LogP contribution < -0.4 is 5.48 Å². The van der Waals surface area contributed by atoms with Crippen LogP contribution in [0, 0.1) is 5.21 Å². The monoisotopic (exact) mass is 100 g/mol. The molecule has 0 aliphatic heterocycles. The summed E-state index contributed by atoms with van der Waals surface area (Å²) in [4.78, 5) is 11.9. The maximum atomic E-state index is 9.68. The Hall–Kier alpha value is -1.19. The van der Waals surface area contributed by atoms with E-state index >= 15 is 0 Å². The standard InChI is InChI=1S/C2H2N3O2/c3-4-1-2(6)5-7/h1H,(H-,5,6,7)/q-1. The van der Waals surface area contributed by atoms with Crippen LogP contribution in [0.3, 0.4) is 0 Å². The number of amides is 1. The number of carbonyl (C=O) groups excluding carboxylic acids is 1. The lowest BCUT2D eigenvalue weighted by Gasteiger charge is -1.95. The second-order valence-electron chi connectivity index (χ2n) is 0.711. The minimum Gasteiger partial charge on any atom is -0.758 e. The van der Waals surface area contributed by atoms with Gasteiger partial charge >= 0.3 is 12.1 Å². The number of nitrogens with zero attached hydrogens (tertiary/aromatic N) is 2. The lowest BCUT2D eigenvalue weighted by molar-refractivity contribution is -0.117. The highest BCUT2D eigenvalue weighted by Crippen LogP contribution is 1.46. The van der Waals surface area contributed by atoms with Crippen LogP contribution in [0.15, 0.2) is 0 Å². The summed E-state index contributed by atoms with van der Waals surface area (Å²) in [6, 6.07) is 0. The smallest absolute Gasteiger partial charge is 0.343 e. The van der Waals surface area contributed by atoms with Crippen LogP contribution in [0.1, 0.15) is 0 Å². The third kappa shape index (κ3) is 2.62. The van der Waals surface area contributed by atoms with E-state index in [-0.39, 0.29) is 0 Å². The zero-order valence-corrected chi connectivity index (χ0v) is 3.29. The number of hydrogen-bond donors (Lipinski definition) is 1. The number of carbonyl (C=O) groups is 1. The summed E-state index contributed by atoms with van der Waals surface area (Å²) >= 11 is 0. The third-order valence-corrected chi connectivity index (χ3v) is 0.276. The number of rotatable bonds is 1. The number of hydrogen-bond acceptors (Lipinski definition) is 2. The molecule has 0 aliphatic carbocycles. The van der Waals surface area contributed by atoms with E-state index in [4.69, 9.17) is 5.53 Å². The first-order chi connectivity index (χ1) is 3.31. The third-order valence-electron chi connectivity index (χ3n) is 0.276. The molecule has 0 aromatic heterocycles. The quantitative estimate of drug-likeness (QED) is 0.196. The summed E-state index contributed by atoms with van der Waals surface area (Å²) in [7, 11) is 0. The molecule has 0 rings (SSSR count). The highest BCUT2D eigenvalue weighted by atomic mass is 16.5. The molecule has 0 bridgehead atoms. The average Bonchev–Trinajstić information content (AvgIpc) is 1.68. The van der Waals surface area contributed by atoms with E-state index in [9.17, 15) is 10.0 Å². The van der Waals surface area contributed by atoms with Gasteiger partial charge < -0.3 is 16.2 Å². The Bertz CT molecular complexity index is 114. The molecule has 0 spiro atoms. The molecule has 0 saturated heterocycles. The van der Waals surface area contributed by atoms with E-state index in [1.54, 1.807) is 0 Å². The summed E-state index contributed by atoms with van der Waals surface area (Å²) in [5.41, 5.74) is 8.51. The average molecular weight is 100 g/mol. The molecule has 0 saturated carbocycles. The van der Waals surface area contributed by atoms with Gasteiger partial charge in [0.2, 0.25) is 0 Å². The van der Waals surface area contributed by atoms with Gasteiger partial charge in [-0.2, -0.15) is 4.79 Å². The van der Waals surface area contributed by atoms with Crippen LogP contribution in [-0.4, -0.2) is 16.9 Å². The first-order valence-corrected chi connectivity index (χ1v) is 1.41. The van der Waals surface area contributed by atoms with E-state index in [2.05, 4.69) is 4.79 Å². The second-order valence-corrected chi connectivity index (χ2v) is 0.711. The second kappa shape index (κ2) is 3.02. The molecule has 0 heterocycles. The molecule has 0 aromatic carbocycles. The highest BCUT2D eigenvalue weighted by Gasteiger charge is 1.87. The fourth-order valence-corrected chi connectivity index (χ4v) is 0.0788. The zero-order chi connectivity index (χ0) is 5.70. The minimum atomic E-state index is -0.970. The van der Waals surface area contributed by atoms with Crippen LogP contribution in [-0.2, 0) is 4.79 Å². The summed E-state index contributed by atoms with van der Waals surface area (Å²) in [6.07, 6.45) is 0.465.